The number of amides is 3. The molecule has 2 unspecified atom stereocenters. The molecule has 0 aromatic rings. The topological polar surface area (TPSA) is 78.7 Å². The molecule has 2 fully saturated rings. The summed E-state index contributed by atoms with van der Waals surface area (Å²) in [7, 11) is 0. The molecule has 3 amide bonds. The summed E-state index contributed by atoms with van der Waals surface area (Å²) in [6, 6.07) is 0.170. The number of nitrogens with one attached hydrogen (secondary N) is 1. The number of piperazine rings is 1. The Morgan fingerprint density at radius 1 is 1.38 bits per heavy atom. The van der Waals surface area contributed by atoms with E-state index in [1.165, 1.54) is 0 Å². The molecule has 2 atom stereocenters. The van der Waals surface area contributed by atoms with E-state index in [4.69, 9.17) is 5.73 Å². The van der Waals surface area contributed by atoms with Crippen LogP contribution in [0.3, 0.4) is 0 Å². The van der Waals surface area contributed by atoms with E-state index in [1.54, 1.807) is 0 Å². The minimum atomic E-state index is 0.0121. The van der Waals surface area contributed by atoms with Crippen molar-refractivity contribution in [2.24, 2.45) is 11.7 Å². The van der Waals surface area contributed by atoms with Crippen molar-refractivity contribution in [1.82, 2.24) is 15.1 Å². The number of nitrogens with zero attached hydrogens (tertiary/aromatic N) is 2. The Kier molecular flexibility index (Phi) is 5.85. The van der Waals surface area contributed by atoms with Gasteiger partial charge in [0.1, 0.15) is 0 Å². The number of urea groups is 1. The first kappa shape index (κ1) is 16.1. The number of nitrogens with two attached hydrogens (primary N) is 1. The highest BCUT2D eigenvalue weighted by Gasteiger charge is 2.36. The predicted molar refractivity (Wildman–Crippen MR) is 81.8 cm³/mol. The lowest BCUT2D eigenvalue weighted by atomic mass is 9.94. The summed E-state index contributed by atoms with van der Waals surface area (Å²) in [5.74, 6) is 0.798. The first-order chi connectivity index (χ1) is 10.2. The van der Waals surface area contributed by atoms with Gasteiger partial charge < -0.3 is 20.9 Å². The van der Waals surface area contributed by atoms with E-state index in [-0.39, 0.29) is 18.0 Å². The van der Waals surface area contributed by atoms with Crippen LogP contribution in [0.4, 0.5) is 4.79 Å². The minimum absolute atomic E-state index is 0.0121. The normalized spacial score (nSPS) is 23.0. The van der Waals surface area contributed by atoms with Gasteiger partial charge in [-0.1, -0.05) is 19.8 Å². The zero-order valence-electron chi connectivity index (χ0n) is 13.0. The molecule has 6 nitrogen and oxygen atoms in total. The molecule has 2 rings (SSSR count). The number of hydrogen-bond donors (Lipinski definition) is 2. The average Bonchev–Trinajstić information content (AvgIpc) is 2.86. The predicted octanol–water partition coefficient (Wildman–Crippen LogP) is 0.768. The van der Waals surface area contributed by atoms with Crippen LogP contribution in [-0.2, 0) is 4.79 Å². The Labute approximate surface area is 127 Å². The molecule has 21 heavy (non-hydrogen) atoms. The fourth-order valence-corrected chi connectivity index (χ4v) is 3.39. The Bertz CT molecular complexity index is 369. The van der Waals surface area contributed by atoms with E-state index in [1.807, 2.05) is 9.80 Å². The van der Waals surface area contributed by atoms with E-state index in [0.29, 0.717) is 45.1 Å². The molecule has 2 aliphatic heterocycles. The largest absolute Gasteiger partial charge is 0.339 e. The molecule has 0 spiro atoms. The zero-order chi connectivity index (χ0) is 15.2. The van der Waals surface area contributed by atoms with Gasteiger partial charge in [0.15, 0.2) is 0 Å². The van der Waals surface area contributed by atoms with Gasteiger partial charge in [-0.05, 0) is 25.3 Å². The highest BCUT2D eigenvalue weighted by atomic mass is 16.2. The maximum Gasteiger partial charge on any atom is 0.317 e. The Hall–Kier alpha value is -1.30. The summed E-state index contributed by atoms with van der Waals surface area (Å²) in [5, 5.41) is 2.84. The summed E-state index contributed by atoms with van der Waals surface area (Å²) >= 11 is 0. The summed E-state index contributed by atoms with van der Waals surface area (Å²) in [5.41, 5.74) is 5.64. The molecule has 2 heterocycles. The van der Waals surface area contributed by atoms with Crippen LogP contribution in [0.1, 0.15) is 39.0 Å². The van der Waals surface area contributed by atoms with Gasteiger partial charge in [-0.15, -0.1) is 0 Å². The van der Waals surface area contributed by atoms with Crippen molar-refractivity contribution in [3.8, 4) is 0 Å². The lowest BCUT2D eigenvalue weighted by Gasteiger charge is -2.36. The quantitative estimate of drug-likeness (QED) is 0.728. The Balaban J connectivity index is 1.77. The molecular weight excluding hydrogens is 268 g/mol. The van der Waals surface area contributed by atoms with Crippen molar-refractivity contribution in [3.05, 3.63) is 0 Å². The van der Waals surface area contributed by atoms with Gasteiger partial charge in [0, 0.05) is 32.6 Å². The highest BCUT2D eigenvalue weighted by Crippen LogP contribution is 2.19. The Morgan fingerprint density at radius 3 is 2.90 bits per heavy atom. The fourth-order valence-electron chi connectivity index (χ4n) is 3.39. The number of carbonyl (C=O) groups is 2. The molecule has 0 aromatic heterocycles. The summed E-state index contributed by atoms with van der Waals surface area (Å²) in [6.07, 6.45) is 4.85. The van der Waals surface area contributed by atoms with Gasteiger partial charge in [-0.2, -0.15) is 0 Å². The lowest BCUT2D eigenvalue weighted by molar-refractivity contribution is -0.133. The average molecular weight is 296 g/mol. The minimum Gasteiger partial charge on any atom is -0.339 e. The van der Waals surface area contributed by atoms with Crippen molar-refractivity contribution >= 4 is 11.9 Å². The van der Waals surface area contributed by atoms with Crippen LogP contribution in [0.25, 0.3) is 0 Å². The monoisotopic (exact) mass is 296 g/mol. The maximum absolute atomic E-state index is 12.4. The van der Waals surface area contributed by atoms with E-state index in [2.05, 4.69) is 12.2 Å². The number of hydrogen-bond acceptors (Lipinski definition) is 3. The maximum atomic E-state index is 12.4. The third-order valence-corrected chi connectivity index (χ3v) is 4.62. The van der Waals surface area contributed by atoms with Gasteiger partial charge >= 0.3 is 6.03 Å². The molecule has 0 saturated carbocycles. The molecule has 120 valence electrons. The third kappa shape index (κ3) is 4.09. The van der Waals surface area contributed by atoms with E-state index in [0.717, 1.165) is 25.7 Å². The molecule has 3 N–H and O–H groups in total. The molecule has 2 saturated heterocycles. The van der Waals surface area contributed by atoms with E-state index >= 15 is 0 Å². The second-order valence-electron chi connectivity index (χ2n) is 6.14. The van der Waals surface area contributed by atoms with Crippen molar-refractivity contribution in [2.45, 2.75) is 45.1 Å². The van der Waals surface area contributed by atoms with Gasteiger partial charge in [0.05, 0.1) is 6.04 Å². The number of fused-ring (bicyclic) bond motifs is 1. The summed E-state index contributed by atoms with van der Waals surface area (Å²) in [6.45, 7) is 5.53. The van der Waals surface area contributed by atoms with Gasteiger partial charge in [-0.25, -0.2) is 4.79 Å². The molecule has 0 bridgehead atoms. The first-order valence-corrected chi connectivity index (χ1v) is 8.18. The number of carbonyl (C=O) groups excluding carboxylic acids is 2. The van der Waals surface area contributed by atoms with Gasteiger partial charge in [0.25, 0.3) is 0 Å². The van der Waals surface area contributed by atoms with Crippen LogP contribution >= 0.6 is 0 Å². The summed E-state index contributed by atoms with van der Waals surface area (Å²) in [4.78, 5) is 27.7. The van der Waals surface area contributed by atoms with Crippen molar-refractivity contribution in [1.29, 1.82) is 0 Å². The second kappa shape index (κ2) is 7.64. The van der Waals surface area contributed by atoms with Crippen LogP contribution in [0.5, 0.6) is 0 Å². The van der Waals surface area contributed by atoms with Gasteiger partial charge in [0.2, 0.25) is 5.91 Å². The first-order valence-electron chi connectivity index (χ1n) is 8.18. The van der Waals surface area contributed by atoms with E-state index < -0.39 is 0 Å². The van der Waals surface area contributed by atoms with E-state index in [9.17, 15) is 9.59 Å². The fraction of sp³-hybridized carbons (Fsp3) is 0.867. The van der Waals surface area contributed by atoms with Crippen LogP contribution in [0.2, 0.25) is 0 Å². The molecule has 0 aliphatic carbocycles. The Morgan fingerprint density at radius 2 is 2.19 bits per heavy atom. The third-order valence-electron chi connectivity index (χ3n) is 4.62. The SMILES string of the molecule is CCCC(CCN)CCC(=O)N1CCN2C(=O)NCC2C1. The highest BCUT2D eigenvalue weighted by molar-refractivity contribution is 5.79. The van der Waals surface area contributed by atoms with Crippen molar-refractivity contribution in [3.63, 3.8) is 0 Å². The smallest absolute Gasteiger partial charge is 0.317 e. The van der Waals surface area contributed by atoms with Gasteiger partial charge in [-0.3, -0.25) is 4.79 Å². The standard InChI is InChI=1S/C15H28N4O2/c1-2-3-12(6-7-16)4-5-14(20)18-8-9-19-13(11-18)10-17-15(19)21/h12-13H,2-11,16H2,1H3,(H,17,21). The van der Waals surface area contributed by atoms with Crippen LogP contribution in [0, 0.1) is 5.92 Å². The van der Waals surface area contributed by atoms with Crippen LogP contribution < -0.4 is 11.1 Å². The molecular formula is C15H28N4O2. The molecule has 2 aliphatic rings. The molecule has 6 heteroatoms. The molecule has 0 aromatic carbocycles. The molecule has 0 radical (unpaired) electrons. The van der Waals surface area contributed by atoms with Crippen molar-refractivity contribution < 1.29 is 9.59 Å². The second-order valence-corrected chi connectivity index (χ2v) is 6.14. The zero-order valence-corrected chi connectivity index (χ0v) is 13.0. The number of rotatable bonds is 7. The summed E-state index contributed by atoms with van der Waals surface area (Å²) < 4.78 is 0. The van der Waals surface area contributed by atoms with Crippen LogP contribution in [0.15, 0.2) is 0 Å². The van der Waals surface area contributed by atoms with Crippen molar-refractivity contribution in [2.75, 3.05) is 32.7 Å². The lowest BCUT2D eigenvalue weighted by Crippen LogP contribution is -2.53. The van der Waals surface area contributed by atoms with Crippen LogP contribution in [-0.4, -0.2) is 60.5 Å².